The van der Waals surface area contributed by atoms with Crippen LogP contribution in [0.3, 0.4) is 0 Å². The minimum absolute atomic E-state index is 0.167. The smallest absolute Gasteiger partial charge is 0.275 e. The summed E-state index contributed by atoms with van der Waals surface area (Å²) in [5, 5.41) is 3.27. The maximum Gasteiger partial charge on any atom is 0.275 e. The highest BCUT2D eigenvalue weighted by atomic mass is 35.5. The fourth-order valence-corrected chi connectivity index (χ4v) is 3.43. The third-order valence-corrected chi connectivity index (χ3v) is 4.91. The van der Waals surface area contributed by atoms with Crippen molar-refractivity contribution in [2.45, 2.75) is 6.10 Å². The zero-order chi connectivity index (χ0) is 21.1. The zero-order valence-corrected chi connectivity index (χ0v) is 16.8. The molecule has 6 nitrogen and oxygen atoms in total. The molecule has 1 atom stereocenters. The van der Waals surface area contributed by atoms with Crippen LogP contribution in [0.5, 0.6) is 0 Å². The molecule has 0 saturated carbocycles. The Labute approximate surface area is 177 Å². The molecule has 2 N–H and O–H groups in total. The number of benzene rings is 3. The van der Waals surface area contributed by atoms with E-state index in [1.54, 1.807) is 30.3 Å². The van der Waals surface area contributed by atoms with Gasteiger partial charge < -0.3 is 15.0 Å². The number of carbonyl (C=O) groups excluding carboxylic acids is 1. The van der Waals surface area contributed by atoms with Crippen LogP contribution in [0.1, 0.15) is 11.7 Å². The summed E-state index contributed by atoms with van der Waals surface area (Å²) in [5.74, 6) is -0.371. The number of carbonyl (C=O) groups is 1. The van der Waals surface area contributed by atoms with Crippen molar-refractivity contribution in [3.8, 4) is 11.3 Å². The Morgan fingerprint density at radius 3 is 2.57 bits per heavy atom. The first kappa shape index (κ1) is 19.8. The molecule has 0 saturated heterocycles. The number of fused-ring (bicyclic) bond motifs is 1. The summed E-state index contributed by atoms with van der Waals surface area (Å²) >= 11 is 6.18. The first-order valence-electron chi connectivity index (χ1n) is 9.24. The monoisotopic (exact) mass is 419 g/mol. The molecule has 30 heavy (non-hydrogen) atoms. The number of nitrogens with zero attached hydrogens (tertiary/aromatic N) is 1. The van der Waals surface area contributed by atoms with Crippen molar-refractivity contribution in [1.29, 1.82) is 0 Å². The Morgan fingerprint density at radius 1 is 1.07 bits per heavy atom. The molecule has 4 aromatic rings. The maximum atomic E-state index is 12.9. The number of H-pyrrole nitrogens is 1. The minimum Gasteiger partial charge on any atom is -0.367 e. The number of anilines is 1. The molecule has 0 spiro atoms. The first-order chi connectivity index (χ1) is 14.6. The van der Waals surface area contributed by atoms with Gasteiger partial charge in [-0.1, -0.05) is 54.1 Å². The molecule has 0 aliphatic heterocycles. The van der Waals surface area contributed by atoms with Crippen LogP contribution < -0.4 is 10.9 Å². The van der Waals surface area contributed by atoms with Gasteiger partial charge in [-0.25, -0.2) is 4.98 Å². The van der Waals surface area contributed by atoms with Gasteiger partial charge >= 0.3 is 0 Å². The Balaban J connectivity index is 1.75. The number of amides is 1. The highest BCUT2D eigenvalue weighted by Gasteiger charge is 2.22. The fourth-order valence-electron chi connectivity index (χ4n) is 3.25. The summed E-state index contributed by atoms with van der Waals surface area (Å²) in [6.07, 6.45) is -0.808. The molecule has 1 aromatic heterocycles. The van der Waals surface area contributed by atoms with Gasteiger partial charge in [-0.3, -0.25) is 9.59 Å². The van der Waals surface area contributed by atoms with Crippen LogP contribution in [-0.4, -0.2) is 23.0 Å². The summed E-state index contributed by atoms with van der Waals surface area (Å²) in [6, 6.07) is 21.3. The molecule has 4 rings (SSSR count). The van der Waals surface area contributed by atoms with Crippen molar-refractivity contribution in [3.63, 3.8) is 0 Å². The van der Waals surface area contributed by atoms with Crippen molar-refractivity contribution in [3.05, 3.63) is 93.7 Å². The van der Waals surface area contributed by atoms with Crippen molar-refractivity contribution in [2.75, 3.05) is 12.4 Å². The normalized spacial score (nSPS) is 11.9. The van der Waals surface area contributed by atoms with Crippen molar-refractivity contribution >= 4 is 34.2 Å². The lowest BCUT2D eigenvalue weighted by molar-refractivity contribution is -0.126. The third kappa shape index (κ3) is 3.96. The lowest BCUT2D eigenvalue weighted by Gasteiger charge is -2.17. The molecule has 0 fully saturated rings. The van der Waals surface area contributed by atoms with Gasteiger partial charge in [-0.05, 0) is 35.9 Å². The maximum absolute atomic E-state index is 12.9. The number of aromatic amines is 1. The van der Waals surface area contributed by atoms with E-state index in [1.165, 1.54) is 7.11 Å². The average Bonchev–Trinajstić information content (AvgIpc) is 2.76. The summed E-state index contributed by atoms with van der Waals surface area (Å²) in [5.41, 5.74) is 2.60. The first-order valence-corrected chi connectivity index (χ1v) is 9.62. The van der Waals surface area contributed by atoms with Gasteiger partial charge in [0.15, 0.2) is 6.10 Å². The average molecular weight is 420 g/mol. The number of para-hydroxylation sites is 2. The Hall–Kier alpha value is -3.48. The molecule has 0 aliphatic carbocycles. The number of hydrogen-bond donors (Lipinski definition) is 2. The third-order valence-electron chi connectivity index (χ3n) is 4.67. The second-order valence-electron chi connectivity index (χ2n) is 6.64. The molecule has 7 heteroatoms. The van der Waals surface area contributed by atoms with E-state index < -0.39 is 6.10 Å². The highest BCUT2D eigenvalue weighted by Crippen LogP contribution is 2.30. The molecule has 0 aliphatic rings. The zero-order valence-electron chi connectivity index (χ0n) is 16.1. The number of nitrogens with one attached hydrogen (secondary N) is 2. The van der Waals surface area contributed by atoms with E-state index in [4.69, 9.17) is 16.3 Å². The predicted octanol–water partition coefficient (Wildman–Crippen LogP) is 4.57. The molecule has 0 radical (unpaired) electrons. The van der Waals surface area contributed by atoms with Gasteiger partial charge in [0, 0.05) is 17.7 Å². The molecule has 0 unspecified atom stereocenters. The Morgan fingerprint density at radius 2 is 1.80 bits per heavy atom. The Bertz CT molecular complexity index is 1270. The van der Waals surface area contributed by atoms with Gasteiger partial charge in [-0.2, -0.15) is 0 Å². The van der Waals surface area contributed by atoms with E-state index in [9.17, 15) is 9.59 Å². The highest BCUT2D eigenvalue weighted by molar-refractivity contribution is 6.31. The summed E-state index contributed by atoms with van der Waals surface area (Å²) in [6.45, 7) is 0. The van der Waals surface area contributed by atoms with Crippen LogP contribution in [0.15, 0.2) is 77.6 Å². The van der Waals surface area contributed by atoms with Crippen LogP contribution in [0, 0.1) is 0 Å². The number of rotatable bonds is 5. The van der Waals surface area contributed by atoms with Crippen LogP contribution in [-0.2, 0) is 9.53 Å². The predicted molar refractivity (Wildman–Crippen MR) is 118 cm³/mol. The summed E-state index contributed by atoms with van der Waals surface area (Å²) in [4.78, 5) is 32.9. The second-order valence-corrected chi connectivity index (χ2v) is 7.07. The summed E-state index contributed by atoms with van der Waals surface area (Å²) in [7, 11) is 1.47. The minimum atomic E-state index is -0.808. The number of aromatic nitrogens is 2. The van der Waals surface area contributed by atoms with E-state index in [2.05, 4.69) is 15.3 Å². The van der Waals surface area contributed by atoms with Gasteiger partial charge in [0.25, 0.3) is 11.5 Å². The largest absolute Gasteiger partial charge is 0.367 e. The fraction of sp³-hybridized carbons (Fsp3) is 0.0870. The lowest BCUT2D eigenvalue weighted by Crippen LogP contribution is -2.23. The lowest BCUT2D eigenvalue weighted by atomic mass is 10.1. The second kappa shape index (κ2) is 8.49. The standard InChI is InChI=1S/C23H18ClN3O3/c1-30-21(14-7-3-2-4-8-14)23(29)26-17-12-11-15(24)13-16(17)20-22(28)27-19-10-6-5-9-18(19)25-20/h2-13,21H,1H3,(H,26,29)(H,27,28)/t21-/m0/s1. The van der Waals surface area contributed by atoms with E-state index in [0.29, 0.717) is 27.3 Å². The number of methoxy groups -OCH3 is 1. The van der Waals surface area contributed by atoms with Gasteiger partial charge in [0.2, 0.25) is 0 Å². The SMILES string of the molecule is CO[C@H](C(=O)Nc1ccc(Cl)cc1-c1nc2ccccc2[nH]c1=O)c1ccccc1. The number of hydrogen-bond acceptors (Lipinski definition) is 4. The quantitative estimate of drug-likeness (QED) is 0.496. The van der Waals surface area contributed by atoms with Crippen LogP contribution >= 0.6 is 11.6 Å². The van der Waals surface area contributed by atoms with Gasteiger partial charge in [0.1, 0.15) is 5.69 Å². The molecule has 0 bridgehead atoms. The summed E-state index contributed by atoms with van der Waals surface area (Å²) < 4.78 is 5.40. The van der Waals surface area contributed by atoms with E-state index in [-0.39, 0.29) is 17.2 Å². The number of ether oxygens (including phenoxy) is 1. The van der Waals surface area contributed by atoms with Crippen molar-refractivity contribution < 1.29 is 9.53 Å². The topological polar surface area (TPSA) is 84.1 Å². The van der Waals surface area contributed by atoms with Crippen molar-refractivity contribution in [1.82, 2.24) is 9.97 Å². The van der Waals surface area contributed by atoms with E-state index >= 15 is 0 Å². The molecule has 1 amide bonds. The molecule has 1 heterocycles. The number of halogens is 1. The molecule has 150 valence electrons. The van der Waals surface area contributed by atoms with Crippen LogP contribution in [0.4, 0.5) is 5.69 Å². The van der Waals surface area contributed by atoms with Crippen LogP contribution in [0.25, 0.3) is 22.3 Å². The Kier molecular flexibility index (Phi) is 5.61. The van der Waals surface area contributed by atoms with Gasteiger partial charge in [-0.15, -0.1) is 0 Å². The molecular weight excluding hydrogens is 402 g/mol. The van der Waals surface area contributed by atoms with E-state index in [1.807, 2.05) is 42.5 Å². The van der Waals surface area contributed by atoms with Crippen molar-refractivity contribution in [2.24, 2.45) is 0 Å². The van der Waals surface area contributed by atoms with Gasteiger partial charge in [0.05, 0.1) is 16.7 Å². The van der Waals surface area contributed by atoms with E-state index in [0.717, 1.165) is 5.56 Å². The van der Waals surface area contributed by atoms with Crippen LogP contribution in [0.2, 0.25) is 5.02 Å². The molecular formula is C23H18ClN3O3. The molecule has 3 aromatic carbocycles.